The van der Waals surface area contributed by atoms with Crippen LogP contribution in [0.15, 0.2) is 18.3 Å². The van der Waals surface area contributed by atoms with Crippen molar-refractivity contribution in [2.45, 2.75) is 25.2 Å². The quantitative estimate of drug-likeness (QED) is 0.799. The molecular formula is C13H12F2N2S. The lowest BCUT2D eigenvalue weighted by atomic mass is 9.96. The summed E-state index contributed by atoms with van der Waals surface area (Å²) in [4.78, 5) is 5.96. The van der Waals surface area contributed by atoms with Crippen LogP contribution >= 0.6 is 12.2 Å². The molecule has 18 heavy (non-hydrogen) atoms. The molecule has 0 bridgehead atoms. The number of aryl methyl sites for hydroxylation is 1. The third-order valence-corrected chi connectivity index (χ3v) is 3.72. The molecule has 1 aliphatic rings. The van der Waals surface area contributed by atoms with Crippen LogP contribution in [0.3, 0.4) is 0 Å². The Bertz CT molecular complexity index is 645. The lowest BCUT2D eigenvalue weighted by Gasteiger charge is -2.10. The number of nitrogens with one attached hydrogen (secondary N) is 2. The van der Waals surface area contributed by atoms with Crippen LogP contribution in [0.25, 0.3) is 0 Å². The van der Waals surface area contributed by atoms with E-state index >= 15 is 0 Å². The van der Waals surface area contributed by atoms with Crippen LogP contribution in [0.1, 0.15) is 29.2 Å². The minimum atomic E-state index is -0.761. The Hall–Kier alpha value is -1.49. The second-order valence-corrected chi connectivity index (χ2v) is 5.08. The molecular weight excluding hydrogens is 254 g/mol. The van der Waals surface area contributed by atoms with Crippen LogP contribution in [-0.4, -0.2) is 9.97 Å². The highest BCUT2D eigenvalue weighted by molar-refractivity contribution is 7.71. The molecule has 1 unspecified atom stereocenters. The maximum absolute atomic E-state index is 13.3. The van der Waals surface area contributed by atoms with Gasteiger partial charge in [0.1, 0.15) is 0 Å². The monoisotopic (exact) mass is 266 g/mol. The average molecular weight is 266 g/mol. The first kappa shape index (κ1) is 11.6. The number of fused-ring (bicyclic) bond motifs is 1. The van der Waals surface area contributed by atoms with E-state index in [1.165, 1.54) is 12.1 Å². The first-order chi connectivity index (χ1) is 8.63. The summed E-state index contributed by atoms with van der Waals surface area (Å²) in [6.07, 6.45) is 4.33. The van der Waals surface area contributed by atoms with Crippen molar-refractivity contribution in [3.05, 3.63) is 51.6 Å². The van der Waals surface area contributed by atoms with Gasteiger partial charge in [0.2, 0.25) is 0 Å². The zero-order valence-electron chi connectivity index (χ0n) is 9.59. The minimum Gasteiger partial charge on any atom is -0.337 e. The van der Waals surface area contributed by atoms with Crippen molar-refractivity contribution in [2.75, 3.05) is 0 Å². The Morgan fingerprint density at radius 1 is 1.28 bits per heavy atom. The van der Waals surface area contributed by atoms with E-state index in [0.717, 1.165) is 36.1 Å². The van der Waals surface area contributed by atoms with Crippen molar-refractivity contribution in [3.8, 4) is 0 Å². The molecule has 0 saturated carbocycles. The number of hydrogen-bond donors (Lipinski definition) is 2. The van der Waals surface area contributed by atoms with E-state index in [9.17, 15) is 8.78 Å². The molecule has 2 N–H and O–H groups in total. The summed E-state index contributed by atoms with van der Waals surface area (Å²) in [6.45, 7) is 0. The van der Waals surface area contributed by atoms with Crippen molar-refractivity contribution in [1.82, 2.24) is 9.97 Å². The van der Waals surface area contributed by atoms with Gasteiger partial charge in [0.25, 0.3) is 0 Å². The molecule has 2 nitrogen and oxygen atoms in total. The van der Waals surface area contributed by atoms with E-state index in [0.29, 0.717) is 4.77 Å². The van der Waals surface area contributed by atoms with Crippen LogP contribution in [-0.2, 0) is 12.8 Å². The molecule has 5 heteroatoms. The third kappa shape index (κ3) is 1.99. The normalized spacial score (nSPS) is 18.0. The zero-order chi connectivity index (χ0) is 12.7. The number of hydrogen-bond acceptors (Lipinski definition) is 1. The Morgan fingerprint density at radius 3 is 2.78 bits per heavy atom. The van der Waals surface area contributed by atoms with Gasteiger partial charge in [-0.3, -0.25) is 0 Å². The SMILES string of the molecule is Fc1cc2c(cc1F)C(Cc1c[nH]c(=S)[nH]1)CC2. The summed E-state index contributed by atoms with van der Waals surface area (Å²) in [5, 5.41) is 0. The first-order valence-electron chi connectivity index (χ1n) is 5.88. The van der Waals surface area contributed by atoms with Crippen LogP contribution in [0, 0.1) is 16.4 Å². The first-order valence-corrected chi connectivity index (χ1v) is 6.28. The van der Waals surface area contributed by atoms with Crippen molar-refractivity contribution >= 4 is 12.2 Å². The van der Waals surface area contributed by atoms with Gasteiger partial charge in [0.15, 0.2) is 16.4 Å². The van der Waals surface area contributed by atoms with E-state index in [1.54, 1.807) is 0 Å². The van der Waals surface area contributed by atoms with E-state index in [1.807, 2.05) is 6.20 Å². The number of aromatic amines is 2. The maximum atomic E-state index is 13.3. The van der Waals surface area contributed by atoms with Gasteiger partial charge >= 0.3 is 0 Å². The predicted molar refractivity (Wildman–Crippen MR) is 67.1 cm³/mol. The Balaban J connectivity index is 1.90. The van der Waals surface area contributed by atoms with Crippen LogP contribution in [0.2, 0.25) is 0 Å². The topological polar surface area (TPSA) is 31.6 Å². The summed E-state index contributed by atoms with van der Waals surface area (Å²) in [5.41, 5.74) is 2.85. The molecule has 0 aliphatic heterocycles. The second-order valence-electron chi connectivity index (χ2n) is 4.67. The molecule has 1 heterocycles. The Labute approximate surface area is 108 Å². The van der Waals surface area contributed by atoms with Gasteiger partial charge in [-0.15, -0.1) is 0 Å². The Kier molecular flexibility index (Phi) is 2.78. The molecule has 0 spiro atoms. The lowest BCUT2D eigenvalue weighted by Crippen LogP contribution is -2.00. The summed E-state index contributed by atoms with van der Waals surface area (Å²) < 4.78 is 27.0. The van der Waals surface area contributed by atoms with Crippen LogP contribution in [0.5, 0.6) is 0 Å². The van der Waals surface area contributed by atoms with Gasteiger partial charge in [-0.1, -0.05) is 0 Å². The van der Waals surface area contributed by atoms with Crippen molar-refractivity contribution in [3.63, 3.8) is 0 Å². The number of halogens is 2. The summed E-state index contributed by atoms with van der Waals surface area (Å²) >= 11 is 4.97. The molecule has 0 amide bonds. The number of H-pyrrole nitrogens is 2. The molecule has 1 aromatic heterocycles. The van der Waals surface area contributed by atoms with E-state index in [-0.39, 0.29) is 5.92 Å². The van der Waals surface area contributed by atoms with E-state index < -0.39 is 11.6 Å². The molecule has 94 valence electrons. The molecule has 1 aromatic carbocycles. The van der Waals surface area contributed by atoms with Crippen molar-refractivity contribution < 1.29 is 8.78 Å². The summed E-state index contributed by atoms with van der Waals surface area (Å²) in [6, 6.07) is 2.66. The smallest absolute Gasteiger partial charge is 0.174 e. The largest absolute Gasteiger partial charge is 0.337 e. The third-order valence-electron chi connectivity index (χ3n) is 3.50. The fourth-order valence-corrected chi connectivity index (χ4v) is 2.83. The van der Waals surface area contributed by atoms with Gasteiger partial charge in [-0.2, -0.15) is 0 Å². The maximum Gasteiger partial charge on any atom is 0.174 e. The molecule has 2 aromatic rings. The Morgan fingerprint density at radius 2 is 2.06 bits per heavy atom. The second kappa shape index (κ2) is 4.31. The highest BCUT2D eigenvalue weighted by atomic mass is 32.1. The van der Waals surface area contributed by atoms with E-state index in [4.69, 9.17) is 12.2 Å². The summed E-state index contributed by atoms with van der Waals surface area (Å²) in [5.74, 6) is -1.28. The highest BCUT2D eigenvalue weighted by Crippen LogP contribution is 2.36. The number of rotatable bonds is 2. The van der Waals surface area contributed by atoms with Crippen molar-refractivity contribution in [1.29, 1.82) is 0 Å². The molecule has 1 atom stereocenters. The molecule has 3 rings (SSSR count). The zero-order valence-corrected chi connectivity index (χ0v) is 10.4. The molecule has 0 saturated heterocycles. The standard InChI is InChI=1S/C13H12F2N2S/c14-11-4-8-2-1-7(10(8)5-12(11)15)3-9-6-16-13(18)17-9/h4-7H,1-3H2,(H2,16,17,18). The van der Waals surface area contributed by atoms with Gasteiger partial charge < -0.3 is 9.97 Å². The van der Waals surface area contributed by atoms with E-state index in [2.05, 4.69) is 9.97 Å². The van der Waals surface area contributed by atoms with Crippen LogP contribution < -0.4 is 0 Å². The number of aromatic nitrogens is 2. The number of imidazole rings is 1. The minimum absolute atomic E-state index is 0.233. The van der Waals surface area contributed by atoms with Gasteiger partial charge in [0.05, 0.1) is 0 Å². The predicted octanol–water partition coefficient (Wildman–Crippen LogP) is 3.62. The van der Waals surface area contributed by atoms with Crippen LogP contribution in [0.4, 0.5) is 8.78 Å². The highest BCUT2D eigenvalue weighted by Gasteiger charge is 2.25. The fraction of sp³-hybridized carbons (Fsp3) is 0.308. The van der Waals surface area contributed by atoms with Gasteiger partial charge in [-0.25, -0.2) is 8.78 Å². The van der Waals surface area contributed by atoms with Gasteiger partial charge in [-0.05, 0) is 60.7 Å². The van der Waals surface area contributed by atoms with Crippen molar-refractivity contribution in [2.24, 2.45) is 0 Å². The number of benzene rings is 1. The van der Waals surface area contributed by atoms with Gasteiger partial charge in [0, 0.05) is 11.9 Å². The molecule has 1 aliphatic carbocycles. The average Bonchev–Trinajstić information content (AvgIpc) is 2.89. The molecule has 0 radical (unpaired) electrons. The molecule has 0 fully saturated rings. The fourth-order valence-electron chi connectivity index (χ4n) is 2.64. The lowest BCUT2D eigenvalue weighted by molar-refractivity contribution is 0.505. The summed E-state index contributed by atoms with van der Waals surface area (Å²) in [7, 11) is 0.